The van der Waals surface area contributed by atoms with Crippen LogP contribution in [0, 0.1) is 0 Å². The molecule has 0 aromatic heterocycles. The predicted molar refractivity (Wildman–Crippen MR) is 97.4 cm³/mol. The van der Waals surface area contributed by atoms with Crippen molar-refractivity contribution in [3.8, 4) is 0 Å². The Morgan fingerprint density at radius 3 is 2.68 bits per heavy atom. The van der Waals surface area contributed by atoms with E-state index in [4.69, 9.17) is 0 Å². The van der Waals surface area contributed by atoms with E-state index in [1.54, 1.807) is 0 Å². The minimum Gasteiger partial charge on any atom is -0.372 e. The van der Waals surface area contributed by atoms with Crippen LogP contribution in [0.25, 0.3) is 0 Å². The number of hydrogen-bond donors (Lipinski definition) is 1. The quantitative estimate of drug-likeness (QED) is 0.850. The van der Waals surface area contributed by atoms with Gasteiger partial charge in [-0.25, -0.2) is 0 Å². The van der Waals surface area contributed by atoms with Crippen LogP contribution in [0.2, 0.25) is 0 Å². The predicted octanol–water partition coefficient (Wildman–Crippen LogP) is 2.70. The van der Waals surface area contributed by atoms with Crippen molar-refractivity contribution in [3.05, 3.63) is 29.8 Å². The van der Waals surface area contributed by atoms with Gasteiger partial charge in [-0.05, 0) is 38.6 Å². The van der Waals surface area contributed by atoms with Gasteiger partial charge in [-0.15, -0.1) is 24.8 Å². The Morgan fingerprint density at radius 2 is 2.00 bits per heavy atom. The van der Waals surface area contributed by atoms with Crippen molar-refractivity contribution in [2.45, 2.75) is 32.4 Å². The van der Waals surface area contributed by atoms with Crippen LogP contribution in [0.15, 0.2) is 24.3 Å². The topological polar surface area (TPSA) is 35.6 Å². The van der Waals surface area contributed by atoms with E-state index in [2.05, 4.69) is 42.4 Å². The van der Waals surface area contributed by atoms with Gasteiger partial charge in [0.05, 0.1) is 0 Å². The molecule has 1 aliphatic rings. The van der Waals surface area contributed by atoms with Crippen molar-refractivity contribution in [2.24, 2.45) is 0 Å². The molecule has 22 heavy (non-hydrogen) atoms. The van der Waals surface area contributed by atoms with Gasteiger partial charge in [-0.3, -0.25) is 4.79 Å². The van der Waals surface area contributed by atoms with Gasteiger partial charge >= 0.3 is 0 Å². The molecule has 1 aromatic carbocycles. The van der Waals surface area contributed by atoms with Crippen molar-refractivity contribution in [1.29, 1.82) is 0 Å². The molecule has 0 aliphatic carbocycles. The molecule has 1 aliphatic heterocycles. The zero-order valence-corrected chi connectivity index (χ0v) is 15.2. The standard InChI is InChI=1S/C16H25N3O.2ClH/c1-13-11-18(3)15-8-5-4-7-14(15)12-19(13)16(20)9-6-10-17-2;;/h4-5,7-8,13,17H,6,9-12H2,1-3H3;2*1H. The molecule has 1 N–H and O–H groups in total. The number of benzene rings is 1. The van der Waals surface area contributed by atoms with Gasteiger partial charge in [-0.2, -0.15) is 0 Å². The molecule has 0 fully saturated rings. The average Bonchev–Trinajstić information content (AvgIpc) is 2.56. The summed E-state index contributed by atoms with van der Waals surface area (Å²) in [4.78, 5) is 16.7. The fraction of sp³-hybridized carbons (Fsp3) is 0.562. The molecule has 0 saturated carbocycles. The minimum absolute atomic E-state index is 0. The smallest absolute Gasteiger partial charge is 0.223 e. The van der Waals surface area contributed by atoms with E-state index in [-0.39, 0.29) is 36.8 Å². The highest BCUT2D eigenvalue weighted by Crippen LogP contribution is 2.26. The molecule has 0 bridgehead atoms. The molecule has 0 radical (unpaired) electrons. The Kier molecular flexibility index (Phi) is 9.49. The maximum absolute atomic E-state index is 12.4. The third-order valence-corrected chi connectivity index (χ3v) is 3.95. The number of anilines is 1. The third kappa shape index (κ3) is 5.04. The summed E-state index contributed by atoms with van der Waals surface area (Å²) in [5, 5.41) is 3.09. The Balaban J connectivity index is 0.00000220. The van der Waals surface area contributed by atoms with Crippen molar-refractivity contribution >= 4 is 36.4 Å². The van der Waals surface area contributed by atoms with Crippen molar-refractivity contribution < 1.29 is 4.79 Å². The van der Waals surface area contributed by atoms with Gasteiger partial charge in [0.1, 0.15) is 0 Å². The lowest BCUT2D eigenvalue weighted by molar-refractivity contribution is -0.133. The van der Waals surface area contributed by atoms with Crippen LogP contribution >= 0.6 is 24.8 Å². The number of carbonyl (C=O) groups excluding carboxylic acids is 1. The van der Waals surface area contributed by atoms with Crippen molar-refractivity contribution in [3.63, 3.8) is 0 Å². The minimum atomic E-state index is 0. The van der Waals surface area contributed by atoms with Gasteiger partial charge in [-0.1, -0.05) is 18.2 Å². The second-order valence-electron chi connectivity index (χ2n) is 5.59. The molecular formula is C16H27Cl2N3O. The van der Waals surface area contributed by atoms with Crippen LogP contribution in [0.5, 0.6) is 0 Å². The van der Waals surface area contributed by atoms with E-state index in [1.807, 2.05) is 18.0 Å². The largest absolute Gasteiger partial charge is 0.372 e. The Morgan fingerprint density at radius 1 is 1.32 bits per heavy atom. The lowest BCUT2D eigenvalue weighted by Gasteiger charge is -2.28. The van der Waals surface area contributed by atoms with Crippen LogP contribution in [-0.4, -0.2) is 44.0 Å². The Bertz CT molecular complexity index is 470. The number of likely N-dealkylation sites (N-methyl/N-ethyl adjacent to an activating group) is 1. The van der Waals surface area contributed by atoms with Gasteiger partial charge in [0.2, 0.25) is 5.91 Å². The molecule has 6 heteroatoms. The van der Waals surface area contributed by atoms with Gasteiger partial charge in [0, 0.05) is 38.3 Å². The highest BCUT2D eigenvalue weighted by Gasteiger charge is 2.26. The van der Waals surface area contributed by atoms with Crippen molar-refractivity contribution in [1.82, 2.24) is 10.2 Å². The summed E-state index contributed by atoms with van der Waals surface area (Å²) < 4.78 is 0. The molecule has 1 atom stereocenters. The number of fused-ring (bicyclic) bond motifs is 1. The zero-order valence-electron chi connectivity index (χ0n) is 13.5. The SMILES string of the molecule is CNCCCC(=O)N1Cc2ccccc2N(C)CC1C.Cl.Cl. The summed E-state index contributed by atoms with van der Waals surface area (Å²) in [6, 6.07) is 8.61. The number of para-hydroxylation sites is 1. The van der Waals surface area contributed by atoms with Crippen molar-refractivity contribution in [2.75, 3.05) is 32.1 Å². The molecule has 2 rings (SSSR count). The molecular weight excluding hydrogens is 321 g/mol. The van der Waals surface area contributed by atoms with Gasteiger partial charge in [0.25, 0.3) is 0 Å². The highest BCUT2D eigenvalue weighted by molar-refractivity contribution is 5.85. The number of nitrogens with one attached hydrogen (secondary N) is 1. The van der Waals surface area contributed by atoms with E-state index in [1.165, 1.54) is 11.3 Å². The summed E-state index contributed by atoms with van der Waals surface area (Å²) in [7, 11) is 4.02. The number of amides is 1. The van der Waals surface area contributed by atoms with Crippen LogP contribution in [0.3, 0.4) is 0 Å². The molecule has 1 unspecified atom stereocenters. The molecule has 126 valence electrons. The second-order valence-corrected chi connectivity index (χ2v) is 5.59. The van der Waals surface area contributed by atoms with E-state index in [9.17, 15) is 4.79 Å². The van der Waals surface area contributed by atoms with E-state index >= 15 is 0 Å². The monoisotopic (exact) mass is 347 g/mol. The number of hydrogen-bond acceptors (Lipinski definition) is 3. The second kappa shape index (κ2) is 9.93. The maximum Gasteiger partial charge on any atom is 0.223 e. The number of halogens is 2. The van der Waals surface area contributed by atoms with E-state index in [0.717, 1.165) is 26.1 Å². The molecule has 0 saturated heterocycles. The van der Waals surface area contributed by atoms with Crippen LogP contribution in [0.1, 0.15) is 25.3 Å². The number of carbonyl (C=O) groups is 1. The number of rotatable bonds is 4. The Hall–Kier alpha value is -0.970. The first-order chi connectivity index (χ1) is 9.63. The molecule has 4 nitrogen and oxygen atoms in total. The molecule has 1 heterocycles. The maximum atomic E-state index is 12.4. The molecule has 0 spiro atoms. The van der Waals surface area contributed by atoms with Gasteiger partial charge < -0.3 is 15.1 Å². The highest BCUT2D eigenvalue weighted by atomic mass is 35.5. The first kappa shape index (κ1) is 21.0. The number of nitrogens with zero attached hydrogens (tertiary/aromatic N) is 2. The first-order valence-electron chi connectivity index (χ1n) is 7.36. The van der Waals surface area contributed by atoms with Gasteiger partial charge in [0.15, 0.2) is 0 Å². The fourth-order valence-electron chi connectivity index (χ4n) is 2.84. The Labute approximate surface area is 146 Å². The molecule has 1 amide bonds. The lowest BCUT2D eigenvalue weighted by Crippen LogP contribution is -2.42. The fourth-order valence-corrected chi connectivity index (χ4v) is 2.84. The lowest BCUT2D eigenvalue weighted by atomic mass is 10.1. The van der Waals surface area contributed by atoms with E-state index in [0.29, 0.717) is 6.42 Å². The van der Waals surface area contributed by atoms with Crippen LogP contribution in [-0.2, 0) is 11.3 Å². The third-order valence-electron chi connectivity index (χ3n) is 3.95. The van der Waals surface area contributed by atoms with E-state index < -0.39 is 0 Å². The first-order valence-corrected chi connectivity index (χ1v) is 7.36. The summed E-state index contributed by atoms with van der Waals surface area (Å²) in [6.45, 7) is 4.64. The molecule has 1 aromatic rings. The summed E-state index contributed by atoms with van der Waals surface area (Å²) in [5.74, 6) is 0.262. The summed E-state index contributed by atoms with van der Waals surface area (Å²) in [5.41, 5.74) is 2.48. The zero-order chi connectivity index (χ0) is 14.5. The van der Waals surface area contributed by atoms with Crippen LogP contribution in [0.4, 0.5) is 5.69 Å². The average molecular weight is 348 g/mol. The summed E-state index contributed by atoms with van der Waals surface area (Å²) >= 11 is 0. The normalized spacial score (nSPS) is 17.0. The summed E-state index contributed by atoms with van der Waals surface area (Å²) in [6.07, 6.45) is 1.52. The van der Waals surface area contributed by atoms with Crippen LogP contribution < -0.4 is 10.2 Å².